The minimum atomic E-state index is -0.0834. The maximum atomic E-state index is 12.3. The number of hydrogen-bond donors (Lipinski definition) is 0. The van der Waals surface area contributed by atoms with Crippen molar-refractivity contribution in [3.05, 3.63) is 54.1 Å². The Labute approximate surface area is 153 Å². The van der Waals surface area contributed by atoms with Crippen molar-refractivity contribution < 1.29 is 9.53 Å². The summed E-state index contributed by atoms with van der Waals surface area (Å²) in [5.41, 5.74) is 2.02. The number of ether oxygens (including phenoxy) is 1. The summed E-state index contributed by atoms with van der Waals surface area (Å²) in [6.07, 6.45) is 0.968. The zero-order chi connectivity index (χ0) is 17.8. The highest BCUT2D eigenvalue weighted by Crippen LogP contribution is 2.52. The molecule has 0 radical (unpaired) electrons. The van der Waals surface area contributed by atoms with Crippen LogP contribution in [-0.2, 0) is 4.79 Å². The number of carbonyl (C=O) groups is 1. The number of rotatable bonds is 6. The van der Waals surface area contributed by atoms with Crippen molar-refractivity contribution in [1.29, 1.82) is 0 Å². The van der Waals surface area contributed by atoms with E-state index >= 15 is 0 Å². The normalized spacial score (nSPS) is 16.2. The molecule has 0 spiro atoms. The number of benzene rings is 2. The summed E-state index contributed by atoms with van der Waals surface area (Å²) in [7, 11) is 4.12. The number of amides is 1. The minimum Gasteiger partial charge on any atom is -0.493 e. The first-order chi connectivity index (χ1) is 12.1. The maximum absolute atomic E-state index is 12.3. The molecular weight excluding hydrogens is 332 g/mol. The molecule has 25 heavy (non-hydrogen) atoms. The molecule has 1 atom stereocenters. The highest BCUT2D eigenvalue weighted by Gasteiger charge is 2.35. The van der Waals surface area contributed by atoms with E-state index in [4.69, 9.17) is 4.74 Å². The summed E-state index contributed by atoms with van der Waals surface area (Å²) in [6, 6.07) is 16.1. The number of para-hydroxylation sites is 2. The predicted octanol–water partition coefficient (Wildman–Crippen LogP) is 4.17. The van der Waals surface area contributed by atoms with Crippen LogP contribution < -0.4 is 9.64 Å². The lowest BCUT2D eigenvalue weighted by Gasteiger charge is -2.25. The van der Waals surface area contributed by atoms with Gasteiger partial charge in [-0.25, -0.2) is 0 Å². The monoisotopic (exact) mass is 356 g/mol. The molecule has 0 aliphatic carbocycles. The third-order valence-electron chi connectivity index (χ3n) is 4.13. The second-order valence-electron chi connectivity index (χ2n) is 6.37. The third kappa shape index (κ3) is 3.99. The summed E-state index contributed by atoms with van der Waals surface area (Å²) in [4.78, 5) is 17.4. The van der Waals surface area contributed by atoms with Gasteiger partial charge in [-0.15, -0.1) is 0 Å². The standard InChI is InChI=1S/C20H24N2O2S/c1-15(23)22-17-10-5-7-12-19(17)25-20(22)16-9-4-6-11-18(16)24-14-8-13-21(2)3/h4-7,9-12,20H,8,13-14H2,1-3H3. The first-order valence-electron chi connectivity index (χ1n) is 8.50. The van der Waals surface area contributed by atoms with Crippen LogP contribution in [0.2, 0.25) is 0 Å². The fourth-order valence-corrected chi connectivity index (χ4v) is 4.35. The number of thioether (sulfide) groups is 1. The summed E-state index contributed by atoms with van der Waals surface area (Å²) in [6.45, 7) is 3.28. The Kier molecular flexibility index (Phi) is 5.66. The highest BCUT2D eigenvalue weighted by atomic mass is 32.2. The Morgan fingerprint density at radius 1 is 1.16 bits per heavy atom. The van der Waals surface area contributed by atoms with E-state index in [0.29, 0.717) is 6.61 Å². The first kappa shape index (κ1) is 17.8. The predicted molar refractivity (Wildman–Crippen MR) is 103 cm³/mol. The molecule has 2 aromatic rings. The molecule has 4 nitrogen and oxygen atoms in total. The highest BCUT2D eigenvalue weighted by molar-refractivity contribution is 8.00. The smallest absolute Gasteiger partial charge is 0.225 e. The van der Waals surface area contributed by atoms with E-state index in [2.05, 4.69) is 31.1 Å². The van der Waals surface area contributed by atoms with Gasteiger partial charge < -0.3 is 9.64 Å². The summed E-state index contributed by atoms with van der Waals surface area (Å²) < 4.78 is 6.05. The molecule has 0 aromatic heterocycles. The van der Waals surface area contributed by atoms with E-state index in [1.165, 1.54) is 0 Å². The first-order valence-corrected chi connectivity index (χ1v) is 9.38. The van der Waals surface area contributed by atoms with Crippen LogP contribution in [0.4, 0.5) is 5.69 Å². The zero-order valence-corrected chi connectivity index (χ0v) is 15.8. The molecule has 0 N–H and O–H groups in total. The second kappa shape index (κ2) is 7.93. The second-order valence-corrected chi connectivity index (χ2v) is 7.49. The topological polar surface area (TPSA) is 32.8 Å². The van der Waals surface area contributed by atoms with Gasteiger partial charge in [0.15, 0.2) is 0 Å². The van der Waals surface area contributed by atoms with Crippen molar-refractivity contribution >= 4 is 23.4 Å². The van der Waals surface area contributed by atoms with Crippen LogP contribution in [0.1, 0.15) is 24.3 Å². The van der Waals surface area contributed by atoms with Crippen LogP contribution in [-0.4, -0.2) is 38.1 Å². The van der Waals surface area contributed by atoms with Gasteiger partial charge in [-0.3, -0.25) is 9.69 Å². The number of anilines is 1. The van der Waals surface area contributed by atoms with Crippen molar-refractivity contribution in [3.63, 3.8) is 0 Å². The van der Waals surface area contributed by atoms with Gasteiger partial charge in [0.2, 0.25) is 5.91 Å². The molecule has 0 fully saturated rings. The van der Waals surface area contributed by atoms with Crippen LogP contribution in [0.3, 0.4) is 0 Å². The van der Waals surface area contributed by atoms with E-state index < -0.39 is 0 Å². The van der Waals surface area contributed by atoms with Gasteiger partial charge in [-0.05, 0) is 38.7 Å². The lowest BCUT2D eigenvalue weighted by molar-refractivity contribution is -0.116. The van der Waals surface area contributed by atoms with E-state index in [0.717, 1.165) is 34.9 Å². The summed E-state index contributed by atoms with van der Waals surface area (Å²) in [5, 5.41) is -0.0834. The van der Waals surface area contributed by atoms with Gasteiger partial charge in [0.25, 0.3) is 0 Å². The number of fused-ring (bicyclic) bond motifs is 1. The molecule has 2 aromatic carbocycles. The molecule has 1 amide bonds. The van der Waals surface area contributed by atoms with E-state index in [9.17, 15) is 4.79 Å². The van der Waals surface area contributed by atoms with E-state index in [1.807, 2.05) is 41.3 Å². The van der Waals surface area contributed by atoms with Crippen molar-refractivity contribution in [2.75, 3.05) is 32.1 Å². The molecule has 1 unspecified atom stereocenters. The van der Waals surface area contributed by atoms with Crippen molar-refractivity contribution in [3.8, 4) is 5.75 Å². The van der Waals surface area contributed by atoms with Crippen LogP contribution >= 0.6 is 11.8 Å². The zero-order valence-electron chi connectivity index (χ0n) is 14.9. The van der Waals surface area contributed by atoms with Gasteiger partial charge in [0.1, 0.15) is 11.1 Å². The molecule has 0 saturated heterocycles. The third-order valence-corrected chi connectivity index (χ3v) is 5.42. The lowest BCUT2D eigenvalue weighted by Crippen LogP contribution is -2.28. The quantitative estimate of drug-likeness (QED) is 0.727. The summed E-state index contributed by atoms with van der Waals surface area (Å²) in [5.74, 6) is 0.905. The molecular formula is C20H24N2O2S. The van der Waals surface area contributed by atoms with Crippen molar-refractivity contribution in [1.82, 2.24) is 4.90 Å². The van der Waals surface area contributed by atoms with Crippen molar-refractivity contribution in [2.24, 2.45) is 0 Å². The molecule has 132 valence electrons. The number of nitrogens with zero attached hydrogens (tertiary/aromatic N) is 2. The van der Waals surface area contributed by atoms with Crippen molar-refractivity contribution in [2.45, 2.75) is 23.6 Å². The minimum absolute atomic E-state index is 0.0462. The number of hydrogen-bond acceptors (Lipinski definition) is 4. The molecule has 5 heteroatoms. The Hall–Kier alpha value is -1.98. The fraction of sp³-hybridized carbons (Fsp3) is 0.350. The van der Waals surface area contributed by atoms with Gasteiger partial charge >= 0.3 is 0 Å². The molecule has 0 saturated carbocycles. The summed E-state index contributed by atoms with van der Waals surface area (Å²) >= 11 is 1.70. The van der Waals surface area contributed by atoms with Crippen LogP contribution in [0.15, 0.2) is 53.4 Å². The van der Waals surface area contributed by atoms with Gasteiger partial charge in [0, 0.05) is 23.9 Å². The average Bonchev–Trinajstić information content (AvgIpc) is 2.98. The maximum Gasteiger partial charge on any atom is 0.225 e. The lowest BCUT2D eigenvalue weighted by atomic mass is 10.1. The van der Waals surface area contributed by atoms with Crippen LogP contribution in [0, 0.1) is 0 Å². The molecule has 1 aliphatic rings. The molecule has 3 rings (SSSR count). The number of carbonyl (C=O) groups excluding carboxylic acids is 1. The van der Waals surface area contributed by atoms with E-state index in [1.54, 1.807) is 18.7 Å². The Balaban J connectivity index is 1.83. The van der Waals surface area contributed by atoms with Gasteiger partial charge in [-0.2, -0.15) is 0 Å². The van der Waals surface area contributed by atoms with Gasteiger partial charge in [0.05, 0.1) is 12.3 Å². The fourth-order valence-electron chi connectivity index (χ4n) is 2.97. The van der Waals surface area contributed by atoms with E-state index in [-0.39, 0.29) is 11.3 Å². The molecule has 1 aliphatic heterocycles. The Bertz CT molecular complexity index is 748. The SMILES string of the molecule is CC(=O)N1c2ccccc2SC1c1ccccc1OCCCN(C)C. The van der Waals surface area contributed by atoms with Crippen LogP contribution in [0.25, 0.3) is 0 Å². The average molecular weight is 356 g/mol. The Morgan fingerprint density at radius 3 is 2.64 bits per heavy atom. The van der Waals surface area contributed by atoms with Gasteiger partial charge in [-0.1, -0.05) is 42.1 Å². The Morgan fingerprint density at radius 2 is 1.88 bits per heavy atom. The van der Waals surface area contributed by atoms with Crippen LogP contribution in [0.5, 0.6) is 5.75 Å². The largest absolute Gasteiger partial charge is 0.493 e. The molecule has 0 bridgehead atoms. The molecule has 1 heterocycles.